The summed E-state index contributed by atoms with van der Waals surface area (Å²) in [5.41, 5.74) is 2.54. The van der Waals surface area contributed by atoms with Crippen LogP contribution in [0.2, 0.25) is 0 Å². The molecule has 31 heavy (non-hydrogen) atoms. The molecule has 8 heteroatoms. The second-order valence-corrected chi connectivity index (χ2v) is 7.73. The third kappa shape index (κ3) is 4.11. The Morgan fingerprint density at radius 1 is 1.26 bits per heavy atom. The standard InChI is InChI=1S/C23H27N5O3/c1-4-24-14(2)22(29)26-21-15(3)31-20-11-6-5-10-19(20)28(23(21)30)13-16-8-7-9-18-17(16)12-25-27-18/h5-12,14-15,21,24H,4,13H2,1-3H3,(H,25,27)(H,26,29)/t14-,15-,21-/m0/s1. The molecule has 3 atom stereocenters. The Bertz CT molecular complexity index is 1100. The molecule has 0 saturated carbocycles. The molecule has 4 rings (SSSR count). The van der Waals surface area contributed by atoms with E-state index in [-0.39, 0.29) is 11.8 Å². The van der Waals surface area contributed by atoms with Gasteiger partial charge < -0.3 is 20.3 Å². The molecule has 0 radical (unpaired) electrons. The molecule has 1 aromatic heterocycles. The van der Waals surface area contributed by atoms with Gasteiger partial charge in [-0.25, -0.2) is 0 Å². The number of nitrogens with zero attached hydrogens (tertiary/aromatic N) is 2. The summed E-state index contributed by atoms with van der Waals surface area (Å²) in [6, 6.07) is 12.1. The lowest BCUT2D eigenvalue weighted by Crippen LogP contribution is -2.57. The van der Waals surface area contributed by atoms with Crippen molar-refractivity contribution in [2.75, 3.05) is 11.4 Å². The molecule has 0 spiro atoms. The van der Waals surface area contributed by atoms with Crippen LogP contribution in [-0.4, -0.2) is 46.7 Å². The van der Waals surface area contributed by atoms with E-state index in [2.05, 4.69) is 20.8 Å². The number of rotatable bonds is 6. The van der Waals surface area contributed by atoms with Crippen molar-refractivity contribution < 1.29 is 14.3 Å². The quantitative estimate of drug-likeness (QED) is 0.568. The van der Waals surface area contributed by atoms with Gasteiger partial charge in [-0.05, 0) is 44.2 Å². The number of hydrogen-bond donors (Lipinski definition) is 3. The first-order valence-corrected chi connectivity index (χ1v) is 10.5. The molecule has 0 fully saturated rings. The van der Waals surface area contributed by atoms with Crippen molar-refractivity contribution >= 4 is 28.4 Å². The van der Waals surface area contributed by atoms with Crippen molar-refractivity contribution in [3.05, 3.63) is 54.2 Å². The Hall–Kier alpha value is -3.39. The summed E-state index contributed by atoms with van der Waals surface area (Å²) in [7, 11) is 0. The van der Waals surface area contributed by atoms with Gasteiger partial charge in [0.25, 0.3) is 5.91 Å². The number of anilines is 1. The predicted molar refractivity (Wildman–Crippen MR) is 119 cm³/mol. The van der Waals surface area contributed by atoms with Gasteiger partial charge in [-0.3, -0.25) is 14.7 Å². The first-order chi connectivity index (χ1) is 15.0. The fourth-order valence-corrected chi connectivity index (χ4v) is 3.89. The Morgan fingerprint density at radius 2 is 2.06 bits per heavy atom. The molecule has 1 aliphatic heterocycles. The van der Waals surface area contributed by atoms with E-state index in [9.17, 15) is 9.59 Å². The van der Waals surface area contributed by atoms with Gasteiger partial charge in [-0.2, -0.15) is 5.10 Å². The molecule has 0 unspecified atom stereocenters. The minimum absolute atomic E-state index is 0.213. The number of H-pyrrole nitrogens is 1. The summed E-state index contributed by atoms with van der Waals surface area (Å²) in [6.45, 7) is 6.50. The minimum atomic E-state index is -0.815. The Kier molecular flexibility index (Phi) is 5.90. The number of ether oxygens (including phenoxy) is 1. The van der Waals surface area contributed by atoms with Crippen molar-refractivity contribution in [1.82, 2.24) is 20.8 Å². The van der Waals surface area contributed by atoms with Crippen LogP contribution in [0.3, 0.4) is 0 Å². The summed E-state index contributed by atoms with van der Waals surface area (Å²) in [4.78, 5) is 28.1. The van der Waals surface area contributed by atoms with Crippen LogP contribution in [0.1, 0.15) is 26.3 Å². The molecule has 3 N–H and O–H groups in total. The van der Waals surface area contributed by atoms with Crippen LogP contribution in [-0.2, 0) is 16.1 Å². The highest BCUT2D eigenvalue weighted by Crippen LogP contribution is 2.34. The van der Waals surface area contributed by atoms with Gasteiger partial charge in [-0.15, -0.1) is 0 Å². The van der Waals surface area contributed by atoms with Gasteiger partial charge in [0.15, 0.2) is 0 Å². The van der Waals surface area contributed by atoms with Crippen LogP contribution < -0.4 is 20.3 Å². The number of nitrogens with one attached hydrogen (secondary N) is 3. The first-order valence-electron chi connectivity index (χ1n) is 10.5. The number of amides is 2. The number of aromatic nitrogens is 2. The molecule has 3 aromatic rings. The summed E-state index contributed by atoms with van der Waals surface area (Å²) in [5.74, 6) is 0.160. The van der Waals surface area contributed by atoms with Gasteiger partial charge >= 0.3 is 0 Å². The average Bonchev–Trinajstić information content (AvgIpc) is 3.22. The third-order valence-electron chi connectivity index (χ3n) is 5.58. The monoisotopic (exact) mass is 421 g/mol. The summed E-state index contributed by atoms with van der Waals surface area (Å²) >= 11 is 0. The fourth-order valence-electron chi connectivity index (χ4n) is 3.89. The maximum Gasteiger partial charge on any atom is 0.253 e. The molecule has 1 aliphatic rings. The second kappa shape index (κ2) is 8.77. The molecule has 0 aliphatic carbocycles. The van der Waals surface area contributed by atoms with Crippen LogP contribution in [0.4, 0.5) is 5.69 Å². The molecular weight excluding hydrogens is 394 g/mol. The third-order valence-corrected chi connectivity index (χ3v) is 5.58. The van der Waals surface area contributed by atoms with E-state index in [0.29, 0.717) is 24.5 Å². The van der Waals surface area contributed by atoms with E-state index in [1.807, 2.05) is 49.4 Å². The van der Waals surface area contributed by atoms with E-state index >= 15 is 0 Å². The van der Waals surface area contributed by atoms with Crippen molar-refractivity contribution in [1.29, 1.82) is 0 Å². The molecule has 0 saturated heterocycles. The van der Waals surface area contributed by atoms with Crippen molar-refractivity contribution in [3.63, 3.8) is 0 Å². The highest BCUT2D eigenvalue weighted by Gasteiger charge is 2.38. The highest BCUT2D eigenvalue weighted by molar-refractivity contribution is 6.02. The van der Waals surface area contributed by atoms with E-state index in [1.165, 1.54) is 0 Å². The predicted octanol–water partition coefficient (Wildman–Crippen LogP) is 2.36. The van der Waals surface area contributed by atoms with E-state index in [4.69, 9.17) is 4.74 Å². The average molecular weight is 422 g/mol. The van der Waals surface area contributed by atoms with Crippen LogP contribution in [0.25, 0.3) is 10.9 Å². The van der Waals surface area contributed by atoms with E-state index in [1.54, 1.807) is 24.9 Å². The Balaban J connectivity index is 1.70. The number of carbonyl (C=O) groups is 2. The molecular formula is C23H27N5O3. The lowest BCUT2D eigenvalue weighted by molar-refractivity contribution is -0.130. The zero-order valence-electron chi connectivity index (χ0n) is 17.9. The van der Waals surface area contributed by atoms with Crippen LogP contribution >= 0.6 is 0 Å². The Morgan fingerprint density at radius 3 is 2.87 bits per heavy atom. The fraction of sp³-hybridized carbons (Fsp3) is 0.348. The summed E-state index contributed by atoms with van der Waals surface area (Å²) in [6.07, 6.45) is 1.23. The maximum absolute atomic E-state index is 13.7. The molecule has 162 valence electrons. The molecule has 0 bridgehead atoms. The second-order valence-electron chi connectivity index (χ2n) is 7.73. The molecule has 2 amide bonds. The van der Waals surface area contributed by atoms with Crippen LogP contribution in [0.5, 0.6) is 5.75 Å². The molecule has 2 heterocycles. The maximum atomic E-state index is 13.7. The van der Waals surface area contributed by atoms with E-state index < -0.39 is 18.2 Å². The number of aromatic amines is 1. The van der Waals surface area contributed by atoms with Gasteiger partial charge in [0.2, 0.25) is 5.91 Å². The molecule has 2 aromatic carbocycles. The summed E-state index contributed by atoms with van der Waals surface area (Å²) in [5, 5.41) is 14.0. The smallest absolute Gasteiger partial charge is 0.253 e. The topological polar surface area (TPSA) is 99.4 Å². The molecule has 8 nitrogen and oxygen atoms in total. The Labute approximate surface area is 181 Å². The van der Waals surface area contributed by atoms with Crippen LogP contribution in [0, 0.1) is 0 Å². The lowest BCUT2D eigenvalue weighted by Gasteiger charge is -2.27. The first kappa shape index (κ1) is 20.9. The zero-order chi connectivity index (χ0) is 22.0. The van der Waals surface area contributed by atoms with Gasteiger partial charge in [-0.1, -0.05) is 31.2 Å². The summed E-state index contributed by atoms with van der Waals surface area (Å²) < 4.78 is 6.10. The zero-order valence-corrected chi connectivity index (χ0v) is 17.9. The minimum Gasteiger partial charge on any atom is -0.486 e. The lowest BCUT2D eigenvalue weighted by atomic mass is 10.1. The SMILES string of the molecule is CCN[C@@H](C)C(=O)N[C@@H]1C(=O)N(Cc2cccc3[nH]ncc23)c2ccccc2O[C@H]1C. The van der Waals surface area contributed by atoms with Gasteiger partial charge in [0.05, 0.1) is 30.0 Å². The number of benzene rings is 2. The van der Waals surface area contributed by atoms with Crippen molar-refractivity contribution in [2.24, 2.45) is 0 Å². The number of para-hydroxylation sites is 2. The van der Waals surface area contributed by atoms with Crippen molar-refractivity contribution in [3.8, 4) is 5.75 Å². The number of carbonyl (C=O) groups excluding carboxylic acids is 2. The van der Waals surface area contributed by atoms with Crippen molar-refractivity contribution in [2.45, 2.75) is 45.5 Å². The largest absolute Gasteiger partial charge is 0.486 e. The van der Waals surface area contributed by atoms with Crippen LogP contribution in [0.15, 0.2) is 48.7 Å². The van der Waals surface area contributed by atoms with E-state index in [0.717, 1.165) is 16.5 Å². The van der Waals surface area contributed by atoms with Gasteiger partial charge in [0.1, 0.15) is 17.9 Å². The number of hydrogen-bond acceptors (Lipinski definition) is 5. The normalized spacial score (nSPS) is 19.5. The number of likely N-dealkylation sites (N-methyl/N-ethyl adjacent to an activating group) is 1. The number of fused-ring (bicyclic) bond motifs is 2. The highest BCUT2D eigenvalue weighted by atomic mass is 16.5. The van der Waals surface area contributed by atoms with Gasteiger partial charge in [0, 0.05) is 5.39 Å².